The molecule has 0 aromatic heterocycles. The molecule has 1 N–H and O–H groups in total. The Bertz CT molecular complexity index is 886. The summed E-state index contributed by atoms with van der Waals surface area (Å²) in [6.45, 7) is 3.49. The van der Waals surface area contributed by atoms with E-state index in [4.69, 9.17) is 18.9 Å². The molecule has 146 valence electrons. The standard InChI is InChI=1S/C22H23NO5/c1-15-4-7-18(20(11-15)26-13-17-3-2-10-25-17)23-22(24)9-6-16-5-8-19-21(12-16)28-14-27-19/h4-9,11-12,17H,2-3,10,13-14H2,1H3,(H,23,24). The van der Waals surface area contributed by atoms with Crippen LogP contribution < -0.4 is 19.5 Å². The molecule has 0 aliphatic carbocycles. The molecule has 28 heavy (non-hydrogen) atoms. The van der Waals surface area contributed by atoms with E-state index in [1.54, 1.807) is 6.08 Å². The summed E-state index contributed by atoms with van der Waals surface area (Å²) in [5.41, 5.74) is 2.57. The topological polar surface area (TPSA) is 66.0 Å². The summed E-state index contributed by atoms with van der Waals surface area (Å²) in [5, 5.41) is 2.89. The SMILES string of the molecule is Cc1ccc(NC(=O)C=Cc2ccc3c(c2)OCO3)c(OCC2CCCO2)c1. The summed E-state index contributed by atoms with van der Waals surface area (Å²) < 4.78 is 22.2. The predicted octanol–water partition coefficient (Wildman–Crippen LogP) is 3.93. The molecule has 1 saturated heterocycles. The lowest BCUT2D eigenvalue weighted by Gasteiger charge is -2.15. The van der Waals surface area contributed by atoms with Gasteiger partial charge >= 0.3 is 0 Å². The molecule has 1 fully saturated rings. The van der Waals surface area contributed by atoms with Crippen LogP contribution in [0.1, 0.15) is 24.0 Å². The van der Waals surface area contributed by atoms with Crippen LogP contribution in [-0.2, 0) is 9.53 Å². The van der Waals surface area contributed by atoms with Crippen molar-refractivity contribution < 1.29 is 23.7 Å². The normalized spacial score (nSPS) is 17.8. The lowest BCUT2D eigenvalue weighted by molar-refractivity contribution is -0.111. The van der Waals surface area contributed by atoms with E-state index in [0.717, 1.165) is 30.6 Å². The van der Waals surface area contributed by atoms with Crippen molar-refractivity contribution >= 4 is 17.7 Å². The Labute approximate surface area is 164 Å². The minimum absolute atomic E-state index is 0.120. The molecular weight excluding hydrogens is 358 g/mol. The van der Waals surface area contributed by atoms with E-state index in [1.807, 2.05) is 43.3 Å². The van der Waals surface area contributed by atoms with Crippen LogP contribution in [-0.4, -0.2) is 32.0 Å². The third-order valence-corrected chi connectivity index (χ3v) is 4.67. The second-order valence-electron chi connectivity index (χ2n) is 6.88. The van der Waals surface area contributed by atoms with E-state index in [1.165, 1.54) is 6.08 Å². The third kappa shape index (κ3) is 4.46. The molecule has 2 aliphatic rings. The first-order chi connectivity index (χ1) is 13.7. The van der Waals surface area contributed by atoms with E-state index in [-0.39, 0.29) is 18.8 Å². The Balaban J connectivity index is 1.40. The molecule has 2 aromatic rings. The van der Waals surface area contributed by atoms with Gasteiger partial charge in [-0.05, 0) is 61.2 Å². The number of fused-ring (bicyclic) bond motifs is 1. The van der Waals surface area contributed by atoms with Crippen LogP contribution in [0.15, 0.2) is 42.5 Å². The van der Waals surface area contributed by atoms with Crippen molar-refractivity contribution in [2.24, 2.45) is 0 Å². The predicted molar refractivity (Wildman–Crippen MR) is 106 cm³/mol. The monoisotopic (exact) mass is 381 g/mol. The Morgan fingerprint density at radius 1 is 1.21 bits per heavy atom. The number of nitrogens with one attached hydrogen (secondary N) is 1. The van der Waals surface area contributed by atoms with Crippen molar-refractivity contribution in [2.75, 3.05) is 25.3 Å². The molecule has 1 atom stereocenters. The summed E-state index contributed by atoms with van der Waals surface area (Å²) in [4.78, 5) is 12.4. The van der Waals surface area contributed by atoms with Gasteiger partial charge in [-0.25, -0.2) is 0 Å². The van der Waals surface area contributed by atoms with Crippen molar-refractivity contribution in [2.45, 2.75) is 25.9 Å². The number of anilines is 1. The first kappa shape index (κ1) is 18.4. The van der Waals surface area contributed by atoms with Gasteiger partial charge in [0.1, 0.15) is 12.4 Å². The molecule has 0 spiro atoms. The van der Waals surface area contributed by atoms with Crippen molar-refractivity contribution in [3.8, 4) is 17.2 Å². The molecule has 0 bridgehead atoms. The fraction of sp³-hybridized carbons (Fsp3) is 0.318. The van der Waals surface area contributed by atoms with E-state index in [9.17, 15) is 4.79 Å². The largest absolute Gasteiger partial charge is 0.489 e. The summed E-state index contributed by atoms with van der Waals surface area (Å²) in [7, 11) is 0. The van der Waals surface area contributed by atoms with E-state index < -0.39 is 0 Å². The summed E-state index contributed by atoms with van der Waals surface area (Å²) in [5.74, 6) is 1.82. The molecule has 1 amide bonds. The third-order valence-electron chi connectivity index (χ3n) is 4.67. The van der Waals surface area contributed by atoms with Gasteiger partial charge in [-0.15, -0.1) is 0 Å². The van der Waals surface area contributed by atoms with Gasteiger partial charge in [-0.1, -0.05) is 12.1 Å². The van der Waals surface area contributed by atoms with Gasteiger partial charge < -0.3 is 24.3 Å². The van der Waals surface area contributed by atoms with Crippen LogP contribution in [0.3, 0.4) is 0 Å². The zero-order valence-electron chi connectivity index (χ0n) is 15.8. The molecular formula is C22H23NO5. The quantitative estimate of drug-likeness (QED) is 0.768. The van der Waals surface area contributed by atoms with Crippen LogP contribution >= 0.6 is 0 Å². The van der Waals surface area contributed by atoms with Crippen LogP contribution in [0.25, 0.3) is 6.08 Å². The molecule has 1 unspecified atom stereocenters. The van der Waals surface area contributed by atoms with Crippen molar-refractivity contribution in [3.05, 3.63) is 53.6 Å². The number of rotatable bonds is 6. The number of amides is 1. The van der Waals surface area contributed by atoms with Crippen molar-refractivity contribution in [1.29, 1.82) is 0 Å². The van der Waals surface area contributed by atoms with Gasteiger partial charge in [0, 0.05) is 12.7 Å². The molecule has 6 heteroatoms. The van der Waals surface area contributed by atoms with Gasteiger partial charge in [-0.3, -0.25) is 4.79 Å². The minimum atomic E-state index is -0.233. The maximum atomic E-state index is 12.4. The zero-order chi connectivity index (χ0) is 19.3. The van der Waals surface area contributed by atoms with Crippen LogP contribution in [0.4, 0.5) is 5.69 Å². The lowest BCUT2D eigenvalue weighted by Crippen LogP contribution is -2.17. The van der Waals surface area contributed by atoms with Crippen molar-refractivity contribution in [3.63, 3.8) is 0 Å². The highest BCUT2D eigenvalue weighted by atomic mass is 16.7. The molecule has 0 radical (unpaired) electrons. The first-order valence-corrected chi connectivity index (χ1v) is 9.41. The maximum absolute atomic E-state index is 12.4. The number of aryl methyl sites for hydroxylation is 1. The Hall–Kier alpha value is -2.99. The number of ether oxygens (including phenoxy) is 4. The van der Waals surface area contributed by atoms with Gasteiger partial charge in [0.15, 0.2) is 11.5 Å². The van der Waals surface area contributed by atoms with Gasteiger partial charge in [0.25, 0.3) is 0 Å². The number of hydrogen-bond acceptors (Lipinski definition) is 5. The molecule has 4 rings (SSSR count). The smallest absolute Gasteiger partial charge is 0.248 e. The lowest BCUT2D eigenvalue weighted by atomic mass is 10.2. The summed E-state index contributed by atoms with van der Waals surface area (Å²) in [6, 6.07) is 11.3. The Morgan fingerprint density at radius 2 is 2.11 bits per heavy atom. The molecule has 2 aliphatic heterocycles. The highest BCUT2D eigenvalue weighted by Crippen LogP contribution is 2.33. The molecule has 2 heterocycles. The number of carbonyl (C=O) groups excluding carboxylic acids is 1. The Kier molecular flexibility index (Phi) is 5.48. The summed E-state index contributed by atoms with van der Waals surface area (Å²) >= 11 is 0. The number of benzene rings is 2. The van der Waals surface area contributed by atoms with E-state index >= 15 is 0 Å². The van der Waals surface area contributed by atoms with Crippen molar-refractivity contribution in [1.82, 2.24) is 0 Å². The first-order valence-electron chi connectivity index (χ1n) is 9.41. The maximum Gasteiger partial charge on any atom is 0.248 e. The zero-order valence-corrected chi connectivity index (χ0v) is 15.8. The number of carbonyl (C=O) groups is 1. The Morgan fingerprint density at radius 3 is 2.96 bits per heavy atom. The highest BCUT2D eigenvalue weighted by Gasteiger charge is 2.17. The highest BCUT2D eigenvalue weighted by molar-refractivity contribution is 6.02. The second-order valence-corrected chi connectivity index (χ2v) is 6.88. The van der Waals surface area contributed by atoms with Crippen LogP contribution in [0, 0.1) is 6.92 Å². The molecule has 0 saturated carbocycles. The average Bonchev–Trinajstić information content (AvgIpc) is 3.37. The molecule has 2 aromatic carbocycles. The van der Waals surface area contributed by atoms with Gasteiger partial charge in [0.2, 0.25) is 12.7 Å². The average molecular weight is 381 g/mol. The number of hydrogen-bond donors (Lipinski definition) is 1. The van der Waals surface area contributed by atoms with Gasteiger partial charge in [-0.2, -0.15) is 0 Å². The fourth-order valence-corrected chi connectivity index (χ4v) is 3.17. The summed E-state index contributed by atoms with van der Waals surface area (Å²) in [6.07, 6.45) is 5.41. The molecule has 6 nitrogen and oxygen atoms in total. The fourth-order valence-electron chi connectivity index (χ4n) is 3.17. The van der Waals surface area contributed by atoms with Crippen LogP contribution in [0.5, 0.6) is 17.2 Å². The minimum Gasteiger partial charge on any atom is -0.489 e. The van der Waals surface area contributed by atoms with Gasteiger partial charge in [0.05, 0.1) is 11.8 Å². The second kappa shape index (κ2) is 8.35. The van der Waals surface area contributed by atoms with Crippen LogP contribution in [0.2, 0.25) is 0 Å². The van der Waals surface area contributed by atoms with E-state index in [0.29, 0.717) is 29.5 Å². The van der Waals surface area contributed by atoms with E-state index in [2.05, 4.69) is 5.32 Å².